The molecule has 98 valence electrons. The summed E-state index contributed by atoms with van der Waals surface area (Å²) < 4.78 is 4.52. The number of nitrogens with one attached hydrogen (secondary N) is 2. The molecule has 1 aliphatic rings. The minimum absolute atomic E-state index is 0.0989. The highest BCUT2D eigenvalue weighted by Crippen LogP contribution is 2.15. The van der Waals surface area contributed by atoms with E-state index in [1.807, 2.05) is 0 Å². The lowest BCUT2D eigenvalue weighted by atomic mass is 9.94. The van der Waals surface area contributed by atoms with E-state index in [-0.39, 0.29) is 11.9 Å². The number of esters is 1. The largest absolute Gasteiger partial charge is 0.469 e. The lowest BCUT2D eigenvalue weighted by molar-refractivity contribution is -0.140. The molecule has 5 nitrogen and oxygen atoms in total. The number of hydrogen-bond donors (Lipinski definition) is 2. The van der Waals surface area contributed by atoms with Crippen molar-refractivity contribution >= 4 is 11.9 Å². The van der Waals surface area contributed by atoms with Gasteiger partial charge in [-0.2, -0.15) is 0 Å². The van der Waals surface area contributed by atoms with Crippen LogP contribution >= 0.6 is 0 Å². The molecule has 0 atom stereocenters. The Hall–Kier alpha value is -1.10. The van der Waals surface area contributed by atoms with E-state index >= 15 is 0 Å². The third kappa shape index (κ3) is 6.26. The molecular weight excluding hydrogens is 220 g/mol. The van der Waals surface area contributed by atoms with E-state index in [2.05, 4.69) is 15.4 Å². The number of carbonyl (C=O) groups excluding carboxylic acids is 2. The van der Waals surface area contributed by atoms with Gasteiger partial charge in [-0.25, -0.2) is 0 Å². The van der Waals surface area contributed by atoms with Gasteiger partial charge in [-0.05, 0) is 38.3 Å². The molecule has 0 aromatic carbocycles. The Morgan fingerprint density at radius 1 is 1.35 bits per heavy atom. The van der Waals surface area contributed by atoms with Crippen molar-refractivity contribution in [1.29, 1.82) is 0 Å². The molecule has 5 heteroatoms. The minimum atomic E-state index is -0.224. The summed E-state index contributed by atoms with van der Waals surface area (Å²) in [5, 5.41) is 6.12. The monoisotopic (exact) mass is 242 g/mol. The van der Waals surface area contributed by atoms with Crippen LogP contribution in [0.3, 0.4) is 0 Å². The number of hydrogen-bond acceptors (Lipinski definition) is 4. The maximum Gasteiger partial charge on any atom is 0.305 e. The average molecular weight is 242 g/mol. The van der Waals surface area contributed by atoms with E-state index in [0.717, 1.165) is 25.9 Å². The van der Waals surface area contributed by atoms with Gasteiger partial charge in [-0.1, -0.05) is 0 Å². The number of ether oxygens (including phenoxy) is 1. The zero-order chi connectivity index (χ0) is 12.5. The van der Waals surface area contributed by atoms with Gasteiger partial charge in [-0.3, -0.25) is 9.59 Å². The molecule has 1 saturated heterocycles. The number of methoxy groups -OCH3 is 1. The summed E-state index contributed by atoms with van der Waals surface area (Å²) in [6, 6.07) is 0. The zero-order valence-electron chi connectivity index (χ0n) is 10.5. The first-order chi connectivity index (χ1) is 8.22. The van der Waals surface area contributed by atoms with Crippen molar-refractivity contribution in [2.75, 3.05) is 26.7 Å². The Kier molecular flexibility index (Phi) is 6.62. The molecule has 0 saturated carbocycles. The summed E-state index contributed by atoms with van der Waals surface area (Å²) in [4.78, 5) is 22.4. The van der Waals surface area contributed by atoms with Crippen LogP contribution in [0.25, 0.3) is 0 Å². The second-order valence-electron chi connectivity index (χ2n) is 4.43. The second-order valence-corrected chi connectivity index (χ2v) is 4.43. The van der Waals surface area contributed by atoms with Gasteiger partial charge in [0, 0.05) is 19.4 Å². The highest BCUT2D eigenvalue weighted by atomic mass is 16.5. The van der Waals surface area contributed by atoms with Crippen LogP contribution in [0.15, 0.2) is 0 Å². The Balaban J connectivity index is 2.02. The van der Waals surface area contributed by atoms with Gasteiger partial charge >= 0.3 is 5.97 Å². The molecule has 1 rings (SSSR count). The molecule has 1 amide bonds. The lowest BCUT2D eigenvalue weighted by Crippen LogP contribution is -2.32. The normalized spacial score (nSPS) is 16.5. The summed E-state index contributed by atoms with van der Waals surface area (Å²) >= 11 is 0. The van der Waals surface area contributed by atoms with Crippen molar-refractivity contribution in [2.45, 2.75) is 32.1 Å². The SMILES string of the molecule is COC(=O)CCCNC(=O)CC1CCNCC1. The Bertz CT molecular complexity index is 250. The van der Waals surface area contributed by atoms with Gasteiger partial charge in [0.15, 0.2) is 0 Å². The third-order valence-electron chi connectivity index (χ3n) is 3.04. The maximum atomic E-state index is 11.6. The van der Waals surface area contributed by atoms with Gasteiger partial charge in [0.25, 0.3) is 0 Å². The van der Waals surface area contributed by atoms with Crippen LogP contribution in [0.4, 0.5) is 0 Å². The molecule has 2 N–H and O–H groups in total. The highest BCUT2D eigenvalue weighted by Gasteiger charge is 2.16. The molecule has 0 unspecified atom stereocenters. The molecule has 1 heterocycles. The summed E-state index contributed by atoms with van der Waals surface area (Å²) in [5.74, 6) is 0.385. The zero-order valence-corrected chi connectivity index (χ0v) is 10.5. The highest BCUT2D eigenvalue weighted by molar-refractivity contribution is 5.76. The molecule has 0 aromatic rings. The minimum Gasteiger partial charge on any atom is -0.469 e. The third-order valence-corrected chi connectivity index (χ3v) is 3.04. The van der Waals surface area contributed by atoms with Gasteiger partial charge in [-0.15, -0.1) is 0 Å². The summed E-state index contributed by atoms with van der Waals surface area (Å²) in [7, 11) is 1.37. The molecule has 0 radical (unpaired) electrons. The van der Waals surface area contributed by atoms with Crippen molar-refractivity contribution in [3.63, 3.8) is 0 Å². The number of piperidine rings is 1. The van der Waals surface area contributed by atoms with E-state index in [4.69, 9.17) is 0 Å². The molecule has 0 bridgehead atoms. The van der Waals surface area contributed by atoms with Gasteiger partial charge in [0.05, 0.1) is 7.11 Å². The van der Waals surface area contributed by atoms with Crippen molar-refractivity contribution in [3.8, 4) is 0 Å². The van der Waals surface area contributed by atoms with Gasteiger partial charge in [0.2, 0.25) is 5.91 Å². The first-order valence-electron chi connectivity index (χ1n) is 6.26. The molecule has 0 aliphatic carbocycles. The van der Waals surface area contributed by atoms with Crippen LogP contribution in [0.1, 0.15) is 32.1 Å². The summed E-state index contributed by atoms with van der Waals surface area (Å²) in [6.07, 6.45) is 3.78. The smallest absolute Gasteiger partial charge is 0.305 e. The van der Waals surface area contributed by atoms with Crippen molar-refractivity contribution in [3.05, 3.63) is 0 Å². The molecule has 1 aliphatic heterocycles. The van der Waals surface area contributed by atoms with Gasteiger partial charge < -0.3 is 15.4 Å². The number of carbonyl (C=O) groups is 2. The van der Waals surface area contributed by atoms with Crippen molar-refractivity contribution in [1.82, 2.24) is 10.6 Å². The van der Waals surface area contributed by atoms with E-state index < -0.39 is 0 Å². The van der Waals surface area contributed by atoms with Crippen LogP contribution in [0.2, 0.25) is 0 Å². The Morgan fingerprint density at radius 3 is 2.71 bits per heavy atom. The average Bonchev–Trinajstić information content (AvgIpc) is 2.35. The van der Waals surface area contributed by atoms with Crippen LogP contribution in [-0.2, 0) is 14.3 Å². The number of amides is 1. The fraction of sp³-hybridized carbons (Fsp3) is 0.833. The summed E-state index contributed by atoms with van der Waals surface area (Å²) in [5.41, 5.74) is 0. The maximum absolute atomic E-state index is 11.6. The predicted octanol–water partition coefficient (Wildman–Crippen LogP) is 0.445. The molecule has 1 fully saturated rings. The fourth-order valence-electron chi connectivity index (χ4n) is 1.98. The topological polar surface area (TPSA) is 67.4 Å². The molecule has 0 spiro atoms. The van der Waals surface area contributed by atoms with E-state index in [1.54, 1.807) is 0 Å². The quantitative estimate of drug-likeness (QED) is 0.524. The van der Waals surface area contributed by atoms with E-state index in [1.165, 1.54) is 7.11 Å². The molecular formula is C12H22N2O3. The first-order valence-corrected chi connectivity index (χ1v) is 6.26. The summed E-state index contributed by atoms with van der Waals surface area (Å²) in [6.45, 7) is 2.58. The van der Waals surface area contributed by atoms with Crippen LogP contribution in [0, 0.1) is 5.92 Å². The van der Waals surface area contributed by atoms with Crippen molar-refractivity contribution < 1.29 is 14.3 Å². The van der Waals surface area contributed by atoms with E-state index in [9.17, 15) is 9.59 Å². The Morgan fingerprint density at radius 2 is 2.06 bits per heavy atom. The predicted molar refractivity (Wildman–Crippen MR) is 64.5 cm³/mol. The lowest BCUT2D eigenvalue weighted by Gasteiger charge is -2.21. The van der Waals surface area contributed by atoms with E-state index in [0.29, 0.717) is 31.7 Å². The standard InChI is InChI=1S/C12H22N2O3/c1-17-12(16)3-2-6-14-11(15)9-10-4-7-13-8-5-10/h10,13H,2-9H2,1H3,(H,14,15). The Labute approximate surface area is 102 Å². The van der Waals surface area contributed by atoms with Gasteiger partial charge in [0.1, 0.15) is 0 Å². The van der Waals surface area contributed by atoms with Crippen LogP contribution in [-0.4, -0.2) is 38.6 Å². The fourth-order valence-corrected chi connectivity index (χ4v) is 1.98. The van der Waals surface area contributed by atoms with Crippen LogP contribution in [0.5, 0.6) is 0 Å². The molecule has 0 aromatic heterocycles. The molecule has 17 heavy (non-hydrogen) atoms. The van der Waals surface area contributed by atoms with Crippen molar-refractivity contribution in [2.24, 2.45) is 5.92 Å². The first kappa shape index (κ1) is 14.0. The second kappa shape index (κ2) is 8.06. The number of rotatable bonds is 6. The van der Waals surface area contributed by atoms with Crippen LogP contribution < -0.4 is 10.6 Å².